The SMILES string of the molecule is CC=C(C=CC(C)C=C1CCN(C2CCC2)CC1)CS(=O)(=O)[N+](C)=C1CCOCC1. The van der Waals surface area contributed by atoms with E-state index in [0.29, 0.717) is 32.0 Å². The number of likely N-dealkylation sites (tertiary alicyclic amines) is 1. The van der Waals surface area contributed by atoms with Crippen molar-refractivity contribution in [2.75, 3.05) is 39.1 Å². The van der Waals surface area contributed by atoms with Crippen LogP contribution in [0.25, 0.3) is 0 Å². The first-order valence-electron chi connectivity index (χ1n) is 11.5. The second-order valence-electron chi connectivity index (χ2n) is 8.93. The molecule has 30 heavy (non-hydrogen) atoms. The van der Waals surface area contributed by atoms with Crippen molar-refractivity contribution in [3.05, 3.63) is 35.5 Å². The van der Waals surface area contributed by atoms with Gasteiger partial charge in [-0.05, 0) is 44.1 Å². The maximum absolute atomic E-state index is 12.8. The summed E-state index contributed by atoms with van der Waals surface area (Å²) in [6, 6.07) is 0.848. The van der Waals surface area contributed by atoms with Gasteiger partial charge in [0.05, 0.1) is 26.1 Å². The predicted molar refractivity (Wildman–Crippen MR) is 124 cm³/mol. The second kappa shape index (κ2) is 10.9. The van der Waals surface area contributed by atoms with Crippen LogP contribution in [0.4, 0.5) is 0 Å². The van der Waals surface area contributed by atoms with E-state index in [2.05, 4.69) is 24.0 Å². The van der Waals surface area contributed by atoms with Gasteiger partial charge in [0, 0.05) is 19.1 Å². The molecule has 3 fully saturated rings. The molecule has 2 saturated heterocycles. The zero-order chi connectivity index (χ0) is 21.6. The maximum Gasteiger partial charge on any atom is 0.368 e. The van der Waals surface area contributed by atoms with Crippen molar-refractivity contribution in [2.45, 2.75) is 64.8 Å². The number of rotatable bonds is 7. The third kappa shape index (κ3) is 6.38. The van der Waals surface area contributed by atoms with Crippen LogP contribution in [0.15, 0.2) is 35.5 Å². The van der Waals surface area contributed by atoms with Gasteiger partial charge in [-0.25, -0.2) is 0 Å². The predicted octanol–water partition coefficient (Wildman–Crippen LogP) is 3.92. The quantitative estimate of drug-likeness (QED) is 0.345. The fraction of sp³-hybridized carbons (Fsp3) is 0.708. The molecular weight excluding hydrogens is 396 g/mol. The molecule has 0 amide bonds. The van der Waals surface area contributed by atoms with E-state index in [1.54, 1.807) is 12.6 Å². The van der Waals surface area contributed by atoms with Gasteiger partial charge in [0.1, 0.15) is 5.75 Å². The van der Waals surface area contributed by atoms with Crippen molar-refractivity contribution < 1.29 is 17.1 Å². The minimum absolute atomic E-state index is 0.0422. The van der Waals surface area contributed by atoms with E-state index in [0.717, 1.165) is 17.3 Å². The monoisotopic (exact) mass is 435 g/mol. The average molecular weight is 436 g/mol. The highest BCUT2D eigenvalue weighted by Crippen LogP contribution is 2.29. The molecule has 1 unspecified atom stereocenters. The highest BCUT2D eigenvalue weighted by Gasteiger charge is 2.28. The first-order valence-corrected chi connectivity index (χ1v) is 13.2. The maximum atomic E-state index is 12.8. The lowest BCUT2D eigenvalue weighted by Gasteiger charge is -2.40. The summed E-state index contributed by atoms with van der Waals surface area (Å²) in [7, 11) is -1.68. The van der Waals surface area contributed by atoms with Crippen LogP contribution in [-0.4, -0.2) is 68.2 Å². The van der Waals surface area contributed by atoms with Crippen molar-refractivity contribution in [3.8, 4) is 0 Å². The van der Waals surface area contributed by atoms with Crippen molar-refractivity contribution >= 4 is 15.7 Å². The Hall–Kier alpha value is -1.24. The molecule has 0 aromatic heterocycles. The van der Waals surface area contributed by atoms with E-state index in [-0.39, 0.29) is 5.75 Å². The highest BCUT2D eigenvalue weighted by atomic mass is 32.2. The Balaban J connectivity index is 1.54. The molecule has 0 bridgehead atoms. The fourth-order valence-corrected chi connectivity index (χ4v) is 5.91. The zero-order valence-corrected chi connectivity index (χ0v) is 19.8. The Labute approximate surface area is 183 Å². The van der Waals surface area contributed by atoms with Crippen molar-refractivity contribution in [3.63, 3.8) is 0 Å². The van der Waals surface area contributed by atoms with Gasteiger partial charge in [0.15, 0.2) is 12.8 Å². The molecule has 0 aromatic rings. The zero-order valence-electron chi connectivity index (χ0n) is 19.0. The van der Waals surface area contributed by atoms with Gasteiger partial charge in [-0.2, -0.15) is 8.42 Å². The highest BCUT2D eigenvalue weighted by molar-refractivity contribution is 7.85. The van der Waals surface area contributed by atoms with Crippen molar-refractivity contribution in [1.29, 1.82) is 0 Å². The smallest absolute Gasteiger partial charge is 0.368 e. The Morgan fingerprint density at radius 1 is 1.20 bits per heavy atom. The Kier molecular flexibility index (Phi) is 8.49. The second-order valence-corrected chi connectivity index (χ2v) is 10.9. The molecule has 5 nitrogen and oxygen atoms in total. The number of hydrogen-bond acceptors (Lipinski definition) is 4. The first-order chi connectivity index (χ1) is 14.4. The molecule has 0 aromatic carbocycles. The van der Waals surface area contributed by atoms with Crippen LogP contribution in [0.1, 0.15) is 58.8 Å². The Morgan fingerprint density at radius 2 is 1.87 bits per heavy atom. The molecule has 3 aliphatic rings. The van der Waals surface area contributed by atoms with Crippen LogP contribution in [0.5, 0.6) is 0 Å². The van der Waals surface area contributed by atoms with Gasteiger partial charge in [-0.15, -0.1) is 3.98 Å². The molecule has 168 valence electrons. The number of hydrogen-bond donors (Lipinski definition) is 0. The molecule has 1 atom stereocenters. The van der Waals surface area contributed by atoms with Crippen LogP contribution in [0.3, 0.4) is 0 Å². The number of allylic oxidation sites excluding steroid dienone is 4. The topological polar surface area (TPSA) is 49.6 Å². The lowest BCUT2D eigenvalue weighted by molar-refractivity contribution is -0.331. The van der Waals surface area contributed by atoms with E-state index in [1.807, 2.05) is 19.1 Å². The largest absolute Gasteiger partial charge is 0.380 e. The molecule has 0 N–H and O–H groups in total. The molecule has 6 heteroatoms. The summed E-state index contributed by atoms with van der Waals surface area (Å²) >= 11 is 0. The first kappa shape index (κ1) is 23.4. The fourth-order valence-electron chi connectivity index (χ4n) is 4.45. The number of ether oxygens (including phenoxy) is 1. The lowest BCUT2D eigenvalue weighted by atomic mass is 9.89. The van der Waals surface area contributed by atoms with Gasteiger partial charge < -0.3 is 4.74 Å². The molecule has 1 aliphatic carbocycles. The standard InChI is InChI=1S/C24H39N2O3S/c1-4-21(19-30(27,28)25(3)23-12-16-29-17-13-23)9-8-20(2)18-22-10-14-26(15-11-22)24-6-5-7-24/h4,8-9,18,20,24H,5-7,10-17,19H2,1-3H3/q+1. The van der Waals surface area contributed by atoms with Crippen LogP contribution in [0.2, 0.25) is 0 Å². The van der Waals surface area contributed by atoms with E-state index in [4.69, 9.17) is 4.74 Å². The third-order valence-electron chi connectivity index (χ3n) is 6.80. The van der Waals surface area contributed by atoms with Crippen LogP contribution < -0.4 is 0 Å². The van der Waals surface area contributed by atoms with E-state index < -0.39 is 10.0 Å². The molecule has 0 radical (unpaired) electrons. The minimum atomic E-state index is -3.36. The summed E-state index contributed by atoms with van der Waals surface area (Å²) in [5.41, 5.74) is 3.35. The summed E-state index contributed by atoms with van der Waals surface area (Å²) < 4.78 is 32.5. The normalized spacial score (nSPS) is 23.5. The van der Waals surface area contributed by atoms with E-state index >= 15 is 0 Å². The van der Waals surface area contributed by atoms with Gasteiger partial charge in [-0.3, -0.25) is 4.90 Å². The van der Waals surface area contributed by atoms with E-state index in [1.165, 1.54) is 49.2 Å². The number of sulfonamides is 1. The van der Waals surface area contributed by atoms with E-state index in [9.17, 15) is 8.42 Å². The van der Waals surface area contributed by atoms with Gasteiger partial charge in [-0.1, -0.05) is 43.2 Å². The molecular formula is C24H39N2O3S+. The number of piperidine rings is 1. The number of nitrogens with zero attached hydrogens (tertiary/aromatic N) is 2. The van der Waals surface area contributed by atoms with Crippen molar-refractivity contribution in [2.24, 2.45) is 5.92 Å². The molecule has 2 aliphatic heterocycles. The summed E-state index contributed by atoms with van der Waals surface area (Å²) in [6.45, 7) is 7.71. The van der Waals surface area contributed by atoms with Crippen LogP contribution >= 0.6 is 0 Å². The molecule has 3 rings (SSSR count). The summed E-state index contributed by atoms with van der Waals surface area (Å²) in [4.78, 5) is 2.66. The Morgan fingerprint density at radius 3 is 2.43 bits per heavy atom. The third-order valence-corrected chi connectivity index (χ3v) is 8.59. The summed E-state index contributed by atoms with van der Waals surface area (Å²) in [5.74, 6) is 0.357. The van der Waals surface area contributed by atoms with Gasteiger partial charge >= 0.3 is 10.0 Å². The summed E-state index contributed by atoms with van der Waals surface area (Å²) in [5, 5.41) is 0. The molecule has 0 spiro atoms. The van der Waals surface area contributed by atoms with Crippen LogP contribution in [-0.2, 0) is 14.8 Å². The van der Waals surface area contributed by atoms with Gasteiger partial charge in [0.2, 0.25) is 0 Å². The minimum Gasteiger partial charge on any atom is -0.380 e. The molecule has 2 heterocycles. The van der Waals surface area contributed by atoms with Gasteiger partial charge in [0.25, 0.3) is 0 Å². The molecule has 1 saturated carbocycles. The van der Waals surface area contributed by atoms with Crippen LogP contribution in [0, 0.1) is 5.92 Å². The lowest BCUT2D eigenvalue weighted by Crippen LogP contribution is -2.43. The summed E-state index contributed by atoms with van der Waals surface area (Å²) in [6.07, 6.45) is 16.3. The Bertz CT molecular complexity index is 801. The van der Waals surface area contributed by atoms with Crippen molar-refractivity contribution in [1.82, 2.24) is 4.90 Å². The average Bonchev–Trinajstić information content (AvgIpc) is 2.71.